The van der Waals surface area contributed by atoms with Crippen LogP contribution in [0, 0.1) is 80.8 Å². The summed E-state index contributed by atoms with van der Waals surface area (Å²) in [7, 11) is 0. The Morgan fingerprint density at radius 1 is 0.925 bits per heavy atom. The molecule has 8 nitrogen and oxygen atoms in total. The molecule has 0 aliphatic heterocycles. The summed E-state index contributed by atoms with van der Waals surface area (Å²) in [6.07, 6.45) is 4.15. The third-order valence-electron chi connectivity index (χ3n) is 6.93. The molecular formula is C30H32Co2O8. The second kappa shape index (κ2) is 33.1. The van der Waals surface area contributed by atoms with E-state index in [9.17, 15) is 4.79 Å². The van der Waals surface area contributed by atoms with E-state index in [0.717, 1.165) is 24.0 Å². The first-order chi connectivity index (χ1) is 18.4. The van der Waals surface area contributed by atoms with E-state index in [0.29, 0.717) is 17.8 Å². The Bertz CT molecular complexity index is 904. The molecule has 0 N–H and O–H groups in total. The molecule has 218 valence electrons. The molecule has 2 bridgehead atoms. The Morgan fingerprint density at radius 2 is 1.40 bits per heavy atom. The summed E-state index contributed by atoms with van der Waals surface area (Å²) in [4.78, 5) is 12.2. The number of benzene rings is 1. The monoisotopic (exact) mass is 638 g/mol. The minimum Gasteiger partial charge on any atom is 0 e. The van der Waals surface area contributed by atoms with Gasteiger partial charge >= 0.3 is 67.8 Å². The Labute approximate surface area is 258 Å². The summed E-state index contributed by atoms with van der Waals surface area (Å²) < 4.78 is 51.3. The molecule has 0 saturated heterocycles. The second-order valence-corrected chi connectivity index (χ2v) is 8.70. The first-order valence-corrected chi connectivity index (χ1v) is 11.4. The fourth-order valence-corrected chi connectivity index (χ4v) is 4.87. The minimum atomic E-state index is -0.316. The molecule has 10 heteroatoms. The van der Waals surface area contributed by atoms with Gasteiger partial charge in [0, 0.05) is 45.5 Å². The summed E-state index contributed by atoms with van der Waals surface area (Å²) in [6, 6.07) is 9.94. The Kier molecular flexibility index (Phi) is 41.9. The van der Waals surface area contributed by atoms with E-state index >= 15 is 0 Å². The number of hydrogen-bond donors (Lipinski definition) is 0. The van der Waals surface area contributed by atoms with Crippen LogP contribution in [0.2, 0.25) is 0 Å². The zero-order valence-electron chi connectivity index (χ0n) is 22.7. The first-order valence-electron chi connectivity index (χ1n) is 11.4. The van der Waals surface area contributed by atoms with Crippen molar-refractivity contribution < 1.29 is 71.0 Å². The second-order valence-electron chi connectivity index (χ2n) is 8.70. The average molecular weight is 638 g/mol. The van der Waals surface area contributed by atoms with Crippen molar-refractivity contribution in [2.45, 2.75) is 59.5 Å². The molecule has 5 atom stereocenters. The van der Waals surface area contributed by atoms with Crippen molar-refractivity contribution in [3.8, 4) is 11.8 Å². The Morgan fingerprint density at radius 3 is 1.80 bits per heavy atom. The number of fused-ring (bicyclic) bond motifs is 2. The number of ketones is 1. The third-order valence-corrected chi connectivity index (χ3v) is 6.93. The summed E-state index contributed by atoms with van der Waals surface area (Å²) in [6.45, 7) is 36.4. The van der Waals surface area contributed by atoms with E-state index in [1.807, 2.05) is 44.2 Å². The van der Waals surface area contributed by atoms with Gasteiger partial charge in [-0.25, -0.2) is 0 Å². The van der Waals surface area contributed by atoms with Crippen LogP contribution in [0.1, 0.15) is 58.9 Å². The van der Waals surface area contributed by atoms with Gasteiger partial charge in [0.2, 0.25) is 0 Å². The van der Waals surface area contributed by atoms with Crippen LogP contribution in [0.15, 0.2) is 30.3 Å². The molecule has 0 unspecified atom stereocenters. The SMILES string of the molecule is CCC(=O)[C@H](C)[C@H](C#Cc1ccccc1)OC[C@H]1CC[C@H]2C[C@@H]1C2(C)C.[C-]#[O+].[C-]#[O+].[C-]#[O+].[C-]#[O+].[C-]#[O+].[C-]#[O+].[Co].[Co]. The molecule has 0 heterocycles. The summed E-state index contributed by atoms with van der Waals surface area (Å²) >= 11 is 0. The van der Waals surface area contributed by atoms with Crippen molar-refractivity contribution in [3.63, 3.8) is 0 Å². The summed E-state index contributed by atoms with van der Waals surface area (Å²) in [5.41, 5.74) is 1.43. The van der Waals surface area contributed by atoms with Crippen LogP contribution in [-0.2, 0) is 71.0 Å². The molecular weight excluding hydrogens is 606 g/mol. The van der Waals surface area contributed by atoms with Crippen molar-refractivity contribution in [2.24, 2.45) is 29.1 Å². The maximum Gasteiger partial charge on any atom is 0 e. The number of carbonyl (C=O) groups excluding carboxylic acids is 1. The number of ether oxygens (including phenoxy) is 1. The fraction of sp³-hybridized carbons (Fsp3) is 0.500. The summed E-state index contributed by atoms with van der Waals surface area (Å²) in [5.74, 6) is 8.77. The minimum absolute atomic E-state index is 0. The van der Waals surface area contributed by atoms with E-state index in [1.165, 1.54) is 19.3 Å². The van der Waals surface area contributed by atoms with Crippen molar-refractivity contribution in [1.82, 2.24) is 0 Å². The van der Waals surface area contributed by atoms with Gasteiger partial charge in [-0.2, -0.15) is 0 Å². The molecule has 3 saturated carbocycles. The smallest absolute Gasteiger partial charge is 0 e. The van der Waals surface area contributed by atoms with Crippen LogP contribution in [0.3, 0.4) is 0 Å². The maximum atomic E-state index is 12.2. The third kappa shape index (κ3) is 16.8. The number of rotatable bonds is 6. The molecule has 3 aliphatic rings. The zero-order chi connectivity index (χ0) is 30.7. The van der Waals surface area contributed by atoms with E-state index < -0.39 is 0 Å². The van der Waals surface area contributed by atoms with Crippen LogP contribution in [-0.4, -0.2) is 18.5 Å². The Hall–Kier alpha value is -2.14. The number of Topliss-reactive ketones (excluding diaryl/α,β-unsaturated/α-hetero) is 1. The van der Waals surface area contributed by atoms with E-state index in [1.54, 1.807) is 0 Å². The van der Waals surface area contributed by atoms with Gasteiger partial charge in [0.15, 0.2) is 0 Å². The molecule has 0 aromatic heterocycles. The van der Waals surface area contributed by atoms with E-state index in [-0.39, 0.29) is 51.4 Å². The van der Waals surface area contributed by atoms with Gasteiger partial charge in [-0.3, -0.25) is 4.79 Å². The molecule has 3 fully saturated rings. The molecule has 2 radical (unpaired) electrons. The predicted molar refractivity (Wildman–Crippen MR) is 129 cm³/mol. The van der Waals surface area contributed by atoms with Gasteiger partial charge in [-0.15, -0.1) is 0 Å². The molecule has 1 aromatic carbocycles. The molecule has 1 aromatic rings. The first kappa shape index (κ1) is 50.7. The molecule has 40 heavy (non-hydrogen) atoms. The normalized spacial score (nSPS) is 18.6. The maximum absolute atomic E-state index is 12.2. The van der Waals surface area contributed by atoms with Gasteiger partial charge in [0.1, 0.15) is 11.9 Å². The number of carbonyl (C=O) groups is 1. The quantitative estimate of drug-likeness (QED) is 0.249. The van der Waals surface area contributed by atoms with Crippen LogP contribution in [0.4, 0.5) is 0 Å². The summed E-state index contributed by atoms with van der Waals surface area (Å²) in [5, 5.41) is 0. The van der Waals surface area contributed by atoms with Crippen molar-refractivity contribution in [2.75, 3.05) is 6.61 Å². The van der Waals surface area contributed by atoms with Crippen molar-refractivity contribution in [3.05, 3.63) is 75.8 Å². The van der Waals surface area contributed by atoms with Gasteiger partial charge in [-0.05, 0) is 54.6 Å². The van der Waals surface area contributed by atoms with Gasteiger partial charge in [0.25, 0.3) is 0 Å². The average Bonchev–Trinajstić information content (AvgIpc) is 3.03. The van der Waals surface area contributed by atoms with Crippen molar-refractivity contribution >= 4 is 5.78 Å². The molecule has 3 aliphatic carbocycles. The van der Waals surface area contributed by atoms with Crippen molar-refractivity contribution in [1.29, 1.82) is 0 Å². The van der Waals surface area contributed by atoms with E-state index in [4.69, 9.17) is 32.6 Å². The predicted octanol–water partition coefficient (Wildman–Crippen LogP) is 4.88. The fourth-order valence-electron chi connectivity index (χ4n) is 4.87. The largest absolute Gasteiger partial charge is 0 e. The van der Waals surface area contributed by atoms with Gasteiger partial charge < -0.3 is 4.74 Å². The Balaban J connectivity index is -0.000000183. The van der Waals surface area contributed by atoms with Gasteiger partial charge in [0.05, 0.1) is 12.5 Å². The molecule has 4 rings (SSSR count). The standard InChI is InChI=1S/C24H32O2.6CO.2Co/c1-5-22(25)17(2)23(14-11-18-9-7-6-8-10-18)26-16-19-12-13-20-15-21(19)24(20,3)4;6*1-2;;/h6-10,17,19-21,23H,5,12-13,15-16H2,1-4H3;;;;;;;;/t17-,19+,20-,21-,23-;;;;;;;;/m0......../s1. The molecule has 0 amide bonds. The zero-order valence-corrected chi connectivity index (χ0v) is 24.8. The number of hydrogen-bond acceptors (Lipinski definition) is 2. The van der Waals surface area contributed by atoms with Crippen LogP contribution in [0.25, 0.3) is 0 Å². The van der Waals surface area contributed by atoms with Gasteiger partial charge in [-0.1, -0.05) is 57.7 Å². The van der Waals surface area contributed by atoms with Crippen LogP contribution in [0.5, 0.6) is 0 Å². The topological polar surface area (TPSA) is 146 Å². The van der Waals surface area contributed by atoms with Crippen LogP contribution >= 0.6 is 0 Å². The van der Waals surface area contributed by atoms with Crippen LogP contribution < -0.4 is 0 Å². The molecule has 0 spiro atoms. The van der Waals surface area contributed by atoms with E-state index in [2.05, 4.69) is 65.6 Å².